The number of hydrogen-bond donors (Lipinski definition) is 1. The lowest BCUT2D eigenvalue weighted by Crippen LogP contribution is -2.53. The molecule has 1 N–H and O–H groups in total. The number of nitrogens with zero attached hydrogens (tertiary/aromatic N) is 2. The molecule has 1 heterocycles. The van der Waals surface area contributed by atoms with E-state index in [1.54, 1.807) is 11.9 Å². The third kappa shape index (κ3) is 2.70. The zero-order chi connectivity index (χ0) is 13.2. The maximum atomic E-state index is 12.3. The molecule has 1 rings (SSSR count). The van der Waals surface area contributed by atoms with E-state index in [2.05, 4.69) is 0 Å². The minimum Gasteiger partial charge on any atom is -0.480 e. The summed E-state index contributed by atoms with van der Waals surface area (Å²) in [5.74, 6) is -0.904. The summed E-state index contributed by atoms with van der Waals surface area (Å²) in [7, 11) is 1.74. The van der Waals surface area contributed by atoms with Gasteiger partial charge in [0.1, 0.15) is 6.04 Å². The van der Waals surface area contributed by atoms with E-state index < -0.39 is 12.0 Å². The van der Waals surface area contributed by atoms with Crippen molar-refractivity contribution >= 4 is 12.0 Å². The van der Waals surface area contributed by atoms with Crippen LogP contribution in [-0.2, 0) is 4.79 Å². The summed E-state index contributed by atoms with van der Waals surface area (Å²) in [6, 6.07) is -0.834. The van der Waals surface area contributed by atoms with Gasteiger partial charge in [-0.15, -0.1) is 0 Å². The highest BCUT2D eigenvalue weighted by atomic mass is 16.4. The zero-order valence-electron chi connectivity index (χ0n) is 11.1. The molecule has 0 unspecified atom stereocenters. The predicted octanol–water partition coefficient (Wildman–Crippen LogP) is 1.78. The Morgan fingerprint density at radius 3 is 2.53 bits per heavy atom. The molecule has 0 saturated carbocycles. The molecular formula is C12H22N2O3. The number of hydrogen-bond acceptors (Lipinski definition) is 2. The molecule has 1 atom stereocenters. The molecule has 1 saturated heterocycles. The van der Waals surface area contributed by atoms with Crippen LogP contribution in [0.1, 0.15) is 40.0 Å². The van der Waals surface area contributed by atoms with Crippen molar-refractivity contribution in [3.05, 3.63) is 0 Å². The first-order valence-corrected chi connectivity index (χ1v) is 6.08. The number of carboxylic acids is 1. The van der Waals surface area contributed by atoms with Crippen LogP contribution in [0.5, 0.6) is 0 Å². The Kier molecular flexibility index (Phi) is 4.01. The fraction of sp³-hybridized carbons (Fsp3) is 0.833. The van der Waals surface area contributed by atoms with Gasteiger partial charge in [0.05, 0.1) is 0 Å². The molecule has 5 heteroatoms. The van der Waals surface area contributed by atoms with Crippen molar-refractivity contribution in [1.29, 1.82) is 0 Å². The summed E-state index contributed by atoms with van der Waals surface area (Å²) in [5, 5.41) is 9.06. The predicted molar refractivity (Wildman–Crippen MR) is 64.9 cm³/mol. The second kappa shape index (κ2) is 4.94. The smallest absolute Gasteiger partial charge is 0.326 e. The highest BCUT2D eigenvalue weighted by Crippen LogP contribution is 2.23. The number of aliphatic carboxylic acids is 1. The summed E-state index contributed by atoms with van der Waals surface area (Å²) in [5.41, 5.74) is -0.247. The van der Waals surface area contributed by atoms with Crippen LogP contribution in [0.2, 0.25) is 0 Å². The van der Waals surface area contributed by atoms with Crippen LogP contribution in [0.25, 0.3) is 0 Å². The first-order valence-electron chi connectivity index (χ1n) is 6.08. The van der Waals surface area contributed by atoms with Gasteiger partial charge in [-0.1, -0.05) is 6.92 Å². The van der Waals surface area contributed by atoms with E-state index >= 15 is 0 Å². The number of carbonyl (C=O) groups is 2. The van der Waals surface area contributed by atoms with Crippen LogP contribution >= 0.6 is 0 Å². The zero-order valence-corrected chi connectivity index (χ0v) is 11.1. The second-order valence-electron chi connectivity index (χ2n) is 5.20. The van der Waals surface area contributed by atoms with Crippen molar-refractivity contribution < 1.29 is 14.7 Å². The van der Waals surface area contributed by atoms with E-state index in [0.717, 1.165) is 12.8 Å². The molecule has 0 aromatic rings. The van der Waals surface area contributed by atoms with E-state index in [1.165, 1.54) is 4.90 Å². The largest absolute Gasteiger partial charge is 0.480 e. The van der Waals surface area contributed by atoms with Gasteiger partial charge in [0.15, 0.2) is 0 Å². The fourth-order valence-electron chi connectivity index (χ4n) is 1.94. The van der Waals surface area contributed by atoms with Crippen LogP contribution in [0.3, 0.4) is 0 Å². The molecule has 1 aliphatic heterocycles. The maximum absolute atomic E-state index is 12.3. The average Bonchev–Trinajstić information content (AvgIpc) is 2.75. The molecule has 17 heavy (non-hydrogen) atoms. The van der Waals surface area contributed by atoms with Crippen LogP contribution < -0.4 is 0 Å². The van der Waals surface area contributed by atoms with Crippen molar-refractivity contribution in [3.8, 4) is 0 Å². The number of carbonyl (C=O) groups excluding carboxylic acids is 1. The van der Waals surface area contributed by atoms with E-state index in [1.807, 2.05) is 20.8 Å². The van der Waals surface area contributed by atoms with E-state index in [0.29, 0.717) is 13.0 Å². The molecule has 98 valence electrons. The highest BCUT2D eigenvalue weighted by molar-refractivity contribution is 5.83. The quantitative estimate of drug-likeness (QED) is 0.820. The molecule has 0 radical (unpaired) electrons. The minimum atomic E-state index is -0.904. The van der Waals surface area contributed by atoms with E-state index in [-0.39, 0.29) is 11.6 Å². The van der Waals surface area contributed by atoms with Gasteiger partial charge >= 0.3 is 12.0 Å². The Morgan fingerprint density at radius 2 is 2.06 bits per heavy atom. The van der Waals surface area contributed by atoms with Crippen molar-refractivity contribution in [2.45, 2.75) is 51.6 Å². The Labute approximate surface area is 102 Å². The molecule has 0 spiro atoms. The lowest BCUT2D eigenvalue weighted by atomic mass is 10.0. The SMILES string of the molecule is CCC(C)(C)N(C)C(=O)N1CCC[C@@H]1C(=O)O. The van der Waals surface area contributed by atoms with Crippen molar-refractivity contribution in [2.24, 2.45) is 0 Å². The van der Waals surface area contributed by atoms with Crippen molar-refractivity contribution in [2.75, 3.05) is 13.6 Å². The summed E-state index contributed by atoms with van der Waals surface area (Å²) < 4.78 is 0. The second-order valence-corrected chi connectivity index (χ2v) is 5.20. The number of likely N-dealkylation sites (tertiary alicyclic amines) is 1. The molecule has 1 fully saturated rings. The number of carboxylic acid groups (broad SMARTS) is 1. The molecule has 2 amide bonds. The van der Waals surface area contributed by atoms with Crippen molar-refractivity contribution in [1.82, 2.24) is 9.80 Å². The third-order valence-electron chi connectivity index (χ3n) is 3.84. The van der Waals surface area contributed by atoms with Gasteiger partial charge in [-0.2, -0.15) is 0 Å². The van der Waals surface area contributed by atoms with Crippen LogP contribution in [0.4, 0.5) is 4.79 Å². The lowest BCUT2D eigenvalue weighted by molar-refractivity contribution is -0.141. The van der Waals surface area contributed by atoms with Crippen molar-refractivity contribution in [3.63, 3.8) is 0 Å². The first-order chi connectivity index (χ1) is 7.81. The summed E-state index contributed by atoms with van der Waals surface area (Å²) >= 11 is 0. The van der Waals surface area contributed by atoms with Crippen LogP contribution in [0, 0.1) is 0 Å². The summed E-state index contributed by atoms with van der Waals surface area (Å²) in [6.07, 6.45) is 2.16. The topological polar surface area (TPSA) is 60.9 Å². The lowest BCUT2D eigenvalue weighted by Gasteiger charge is -2.38. The number of amides is 2. The standard InChI is InChI=1S/C12H22N2O3/c1-5-12(2,3)13(4)11(17)14-8-6-7-9(14)10(15)16/h9H,5-8H2,1-4H3,(H,15,16)/t9-/m1/s1. The Bertz CT molecular complexity index is 315. The summed E-state index contributed by atoms with van der Waals surface area (Å²) in [4.78, 5) is 26.4. The molecule has 0 aromatic carbocycles. The van der Waals surface area contributed by atoms with E-state index in [9.17, 15) is 9.59 Å². The monoisotopic (exact) mass is 242 g/mol. The fourth-order valence-corrected chi connectivity index (χ4v) is 1.94. The minimum absolute atomic E-state index is 0.179. The number of urea groups is 1. The van der Waals surface area contributed by atoms with Gasteiger partial charge < -0.3 is 14.9 Å². The third-order valence-corrected chi connectivity index (χ3v) is 3.84. The Hall–Kier alpha value is -1.26. The Balaban J connectivity index is 2.79. The molecular weight excluding hydrogens is 220 g/mol. The molecule has 0 aliphatic carbocycles. The Morgan fingerprint density at radius 1 is 1.47 bits per heavy atom. The first kappa shape index (κ1) is 13.8. The molecule has 0 aromatic heterocycles. The van der Waals surface area contributed by atoms with Crippen LogP contribution in [-0.4, -0.2) is 52.1 Å². The van der Waals surface area contributed by atoms with Gasteiger partial charge in [-0.3, -0.25) is 0 Å². The van der Waals surface area contributed by atoms with E-state index in [4.69, 9.17) is 5.11 Å². The maximum Gasteiger partial charge on any atom is 0.326 e. The van der Waals surface area contributed by atoms with Gasteiger partial charge in [-0.25, -0.2) is 9.59 Å². The number of rotatable bonds is 3. The summed E-state index contributed by atoms with van der Waals surface area (Å²) in [6.45, 7) is 6.52. The van der Waals surface area contributed by atoms with Gasteiger partial charge in [0.25, 0.3) is 0 Å². The molecule has 0 bridgehead atoms. The molecule has 1 aliphatic rings. The highest BCUT2D eigenvalue weighted by Gasteiger charge is 2.38. The normalized spacial score (nSPS) is 20.5. The van der Waals surface area contributed by atoms with Gasteiger partial charge in [-0.05, 0) is 33.1 Å². The van der Waals surface area contributed by atoms with Gasteiger partial charge in [0, 0.05) is 19.1 Å². The average molecular weight is 242 g/mol. The van der Waals surface area contributed by atoms with Crippen LogP contribution in [0.15, 0.2) is 0 Å². The molecule has 5 nitrogen and oxygen atoms in total. The van der Waals surface area contributed by atoms with Gasteiger partial charge in [0.2, 0.25) is 0 Å².